The van der Waals surface area contributed by atoms with Crippen LogP contribution in [0.3, 0.4) is 0 Å². The molecule has 10 radical (unpaired) electrons. The number of rotatable bonds is 30. The van der Waals surface area contributed by atoms with Crippen LogP contribution in [0.2, 0.25) is 28.3 Å². The van der Waals surface area contributed by atoms with E-state index in [1.807, 2.05) is 93.7 Å². The Morgan fingerprint density at radius 3 is 0.857 bits per heavy atom. The topological polar surface area (TPSA) is 234 Å². The molecule has 362 valence electrons. The third-order valence-corrected chi connectivity index (χ3v) is 18.5. The van der Waals surface area contributed by atoms with Crippen molar-refractivity contribution in [3.05, 3.63) is 71.8 Å². The Hall–Kier alpha value is -0.297. The Bertz CT molecular complexity index is 1040. The zero-order valence-electron chi connectivity index (χ0n) is 39.1. The van der Waals surface area contributed by atoms with Crippen LogP contribution in [0.25, 0.3) is 0 Å². The van der Waals surface area contributed by atoms with Crippen molar-refractivity contribution in [3.63, 3.8) is 0 Å². The molecule has 0 heterocycles. The van der Waals surface area contributed by atoms with Crippen LogP contribution >= 0.6 is 0 Å². The van der Waals surface area contributed by atoms with Crippen LogP contribution in [0.5, 0.6) is 0 Å². The Morgan fingerprint density at radius 1 is 0.476 bits per heavy atom. The van der Waals surface area contributed by atoms with Gasteiger partial charge < -0.3 is 36.1 Å². The van der Waals surface area contributed by atoms with Gasteiger partial charge in [-0.2, -0.15) is 0 Å². The van der Waals surface area contributed by atoms with Gasteiger partial charge in [0.15, 0.2) is 0 Å². The summed E-state index contributed by atoms with van der Waals surface area (Å²) in [6, 6.07) is 18.6. The zero-order chi connectivity index (χ0) is 47.5. The van der Waals surface area contributed by atoms with Gasteiger partial charge in [0.1, 0.15) is 0 Å². The molecule has 10 N–H and O–H groups in total. The molecule has 2 aromatic rings. The van der Waals surface area contributed by atoms with E-state index in [9.17, 15) is 9.59 Å². The molecule has 0 amide bonds. The number of aliphatic hydroxyl groups is 6. The summed E-state index contributed by atoms with van der Waals surface area (Å²) in [5, 5.41) is 69.8. The molecule has 0 aromatic heterocycles. The number of carboxylic acids is 2. The van der Waals surface area contributed by atoms with E-state index in [0.717, 1.165) is 11.1 Å². The monoisotopic (exact) mass is 1230 g/mol. The first-order valence-corrected chi connectivity index (χ1v) is 33.4. The average Bonchev–Trinajstić information content (AvgIpc) is 3.26. The number of hydrogen-bond donors (Lipinski definition) is 8. The first kappa shape index (κ1) is 71.7. The molecule has 0 fully saturated rings. The van der Waals surface area contributed by atoms with Crippen molar-refractivity contribution in [2.75, 3.05) is 78.9 Å². The Kier molecular flexibility index (Phi) is 68.0. The molecular formula is C46H86Ge2N2O11Sn2. The molecule has 2 atom stereocenters. The van der Waals surface area contributed by atoms with Crippen LogP contribution in [0, 0.1) is 0 Å². The third kappa shape index (κ3) is 50.9. The summed E-state index contributed by atoms with van der Waals surface area (Å²) in [5.74, 6) is -2.20. The number of benzene rings is 2. The fourth-order valence-electron chi connectivity index (χ4n) is 5.04. The van der Waals surface area contributed by atoms with Gasteiger partial charge in [-0.15, -0.1) is 0 Å². The molecule has 17 heteroatoms. The predicted molar refractivity (Wildman–Crippen MR) is 264 cm³/mol. The van der Waals surface area contributed by atoms with Gasteiger partial charge in [0.2, 0.25) is 0 Å². The summed E-state index contributed by atoms with van der Waals surface area (Å²) < 4.78 is 6.50. The molecule has 0 saturated carbocycles. The maximum Gasteiger partial charge on any atom is 0.0558 e. The molecule has 0 saturated heterocycles. The van der Waals surface area contributed by atoms with Crippen molar-refractivity contribution in [3.8, 4) is 0 Å². The Labute approximate surface area is 419 Å². The number of hydrogen-bond acceptors (Lipinski definition) is 10. The van der Waals surface area contributed by atoms with Crippen LogP contribution < -0.4 is 0 Å². The Balaban J connectivity index is -0.000000214. The van der Waals surface area contributed by atoms with Crippen LogP contribution in [-0.2, 0) is 9.59 Å². The van der Waals surface area contributed by atoms with Gasteiger partial charge in [-0.25, -0.2) is 0 Å². The molecule has 63 heavy (non-hydrogen) atoms. The predicted octanol–water partition coefficient (Wildman–Crippen LogP) is 4.84. The summed E-state index contributed by atoms with van der Waals surface area (Å²) in [4.78, 5) is 25.0. The van der Waals surface area contributed by atoms with E-state index < -0.39 is 11.9 Å². The van der Waals surface area contributed by atoms with E-state index in [0.29, 0.717) is 49.8 Å². The van der Waals surface area contributed by atoms with Crippen molar-refractivity contribution < 1.29 is 55.9 Å². The molecule has 0 aliphatic heterocycles. The minimum atomic E-state index is -0.747. The van der Waals surface area contributed by atoms with E-state index in [2.05, 4.69) is 27.7 Å². The van der Waals surface area contributed by atoms with Crippen molar-refractivity contribution in [2.24, 2.45) is 0 Å². The normalized spacial score (nSPS) is 11.0. The number of carbonyl (C=O) groups is 2. The molecule has 2 aromatic carbocycles. The van der Waals surface area contributed by atoms with Gasteiger partial charge in [-0.1, -0.05) is 0 Å². The second kappa shape index (κ2) is 59.7. The van der Waals surface area contributed by atoms with Gasteiger partial charge in [-0.3, -0.25) is 9.80 Å². The summed E-state index contributed by atoms with van der Waals surface area (Å²) in [5.41, 5.74) is 1.76. The van der Waals surface area contributed by atoms with Gasteiger partial charge in [0.05, 0.1) is 39.6 Å². The van der Waals surface area contributed by atoms with Gasteiger partial charge in [-0.05, 0) is 0 Å². The number of aliphatic hydroxyl groups excluding tert-OH is 6. The molecule has 2 rings (SSSR count). The van der Waals surface area contributed by atoms with Gasteiger partial charge in [0.25, 0.3) is 0 Å². The molecular weight excluding hydrogens is 1140 g/mol. The minimum absolute atomic E-state index is 0. The van der Waals surface area contributed by atoms with Crippen molar-refractivity contribution >= 4 is 87.3 Å². The first-order chi connectivity index (χ1) is 30.0. The number of unbranched alkanes of at least 4 members (excludes halogenated alkanes) is 4. The zero-order valence-corrected chi connectivity index (χ0v) is 49.0. The maximum atomic E-state index is 10.7. The van der Waals surface area contributed by atoms with Crippen LogP contribution in [0.15, 0.2) is 60.7 Å². The van der Waals surface area contributed by atoms with Crippen LogP contribution in [-0.4, -0.2) is 222 Å². The van der Waals surface area contributed by atoms with E-state index >= 15 is 0 Å². The number of aliphatic carboxylic acids is 2. The Morgan fingerprint density at radius 2 is 0.698 bits per heavy atom. The third-order valence-electron chi connectivity index (χ3n) is 8.73. The average molecular weight is 1230 g/mol. The van der Waals surface area contributed by atoms with E-state index in [1.165, 1.54) is 51.4 Å². The van der Waals surface area contributed by atoms with Gasteiger partial charge >= 0.3 is 298 Å². The largest absolute Gasteiger partial charge is 0.395 e. The molecule has 0 spiro atoms. The standard InChI is InChI=1S/2C9H9GeO2.2C6H15NO3.4C4H9.H2O.2Sn/c2*10-6-8(9(11)12)7-4-2-1-3-5-7;2*8-4-1-7(2-5-9)3-6-10;4*1-3-4-2;;;/h2*1-5,8H,6H2,(H,11,12);2*8-10H,1-6H2;4*1,3-4H2,2H3;1H2;;. The molecule has 0 aliphatic rings. The maximum absolute atomic E-state index is 10.7. The molecule has 0 bridgehead atoms. The molecule has 0 aliphatic carbocycles. The van der Waals surface area contributed by atoms with E-state index in [1.54, 1.807) is 27.5 Å². The second-order valence-electron chi connectivity index (χ2n) is 14.0. The molecule has 13 nitrogen and oxygen atoms in total. The smallest absolute Gasteiger partial charge is 0.0558 e. The summed E-state index contributed by atoms with van der Waals surface area (Å²) >= 11 is 4.06. The quantitative estimate of drug-likeness (QED) is 0.0388. The number of nitrogens with zero attached hydrogens (tertiary/aromatic N) is 2. The fraction of sp³-hybridized carbons (Fsp3) is 0.696. The minimum Gasteiger partial charge on any atom is -0.395 e. The van der Waals surface area contributed by atoms with Crippen molar-refractivity contribution in [2.45, 2.75) is 119 Å². The van der Waals surface area contributed by atoms with Crippen molar-refractivity contribution in [1.82, 2.24) is 9.80 Å². The first-order valence-electron chi connectivity index (χ1n) is 22.4. The van der Waals surface area contributed by atoms with Crippen LogP contribution in [0.4, 0.5) is 0 Å². The summed E-state index contributed by atoms with van der Waals surface area (Å²) in [7, 11) is 0. The SMILES string of the molecule is CCC[CH2][Sn][CH2]CCC.CCC[CH2][Sn][CH2]CCC.O.O=C(O)C([CH2][Ge])c1ccccc1.O=C(O)C([CH2][Ge])c1ccccc1.OCCN(CCO)CCO.OCCN(CCO)CCO. The van der Waals surface area contributed by atoms with Crippen molar-refractivity contribution in [1.29, 1.82) is 0 Å². The molecule has 2 unspecified atom stereocenters. The summed E-state index contributed by atoms with van der Waals surface area (Å²) in [6.45, 7) is 12.7. The van der Waals surface area contributed by atoms with E-state index in [-0.39, 0.29) is 99.2 Å². The summed E-state index contributed by atoms with van der Waals surface area (Å²) in [6.07, 6.45) is 11.7. The number of carboxylic acid groups (broad SMARTS) is 2. The van der Waals surface area contributed by atoms with Gasteiger partial charge in [0, 0.05) is 39.3 Å². The van der Waals surface area contributed by atoms with E-state index in [4.69, 9.17) is 40.9 Å². The fourth-order valence-corrected chi connectivity index (χ4v) is 15.1. The second-order valence-corrected chi connectivity index (χ2v) is 24.2. The van der Waals surface area contributed by atoms with Crippen LogP contribution in [0.1, 0.15) is 102 Å².